The van der Waals surface area contributed by atoms with Crippen molar-refractivity contribution in [1.82, 2.24) is 5.32 Å². The van der Waals surface area contributed by atoms with Crippen LogP contribution >= 0.6 is 22.6 Å². The number of nitrogens with one attached hydrogen (secondary N) is 1. The van der Waals surface area contributed by atoms with Gasteiger partial charge in [-0.3, -0.25) is 0 Å². The molecular weight excluding hydrogens is 381 g/mol. The van der Waals surface area contributed by atoms with Crippen molar-refractivity contribution in [2.45, 2.75) is 19.9 Å². The van der Waals surface area contributed by atoms with Crippen LogP contribution in [-0.4, -0.2) is 19.6 Å². The van der Waals surface area contributed by atoms with Crippen molar-refractivity contribution < 1.29 is 13.9 Å². The lowest BCUT2D eigenvalue weighted by atomic mass is 10.0. The Hall–Kier alpha value is -1.34. The smallest absolute Gasteiger partial charge is 0.373 e. The first-order valence-electron chi connectivity index (χ1n) is 6.75. The van der Waals surface area contributed by atoms with Gasteiger partial charge in [-0.2, -0.15) is 0 Å². The quantitative estimate of drug-likeness (QED) is 0.616. The molecule has 5 heteroatoms. The maximum Gasteiger partial charge on any atom is 0.373 e. The second kappa shape index (κ2) is 7.09. The number of hydrogen-bond donors (Lipinski definition) is 1. The monoisotopic (exact) mass is 399 g/mol. The Kier molecular flexibility index (Phi) is 5.41. The molecule has 21 heavy (non-hydrogen) atoms. The van der Waals surface area contributed by atoms with Gasteiger partial charge >= 0.3 is 5.97 Å². The molecule has 4 nitrogen and oxygen atoms in total. The second-order valence-corrected chi connectivity index (χ2v) is 5.74. The van der Waals surface area contributed by atoms with Crippen molar-refractivity contribution in [1.29, 1.82) is 0 Å². The van der Waals surface area contributed by atoms with Crippen molar-refractivity contribution in [2.75, 3.05) is 13.7 Å². The van der Waals surface area contributed by atoms with Crippen LogP contribution < -0.4 is 5.32 Å². The van der Waals surface area contributed by atoms with Crippen molar-refractivity contribution in [2.24, 2.45) is 0 Å². The number of methoxy groups -OCH3 is 1. The summed E-state index contributed by atoms with van der Waals surface area (Å²) in [6.07, 6.45) is 0. The number of aryl methyl sites for hydroxylation is 1. The molecule has 1 N–H and O–H groups in total. The van der Waals surface area contributed by atoms with Crippen LogP contribution in [0.25, 0.3) is 0 Å². The van der Waals surface area contributed by atoms with Crippen molar-refractivity contribution in [3.8, 4) is 0 Å². The largest absolute Gasteiger partial charge is 0.463 e. The maximum atomic E-state index is 11.5. The molecule has 0 radical (unpaired) electrons. The fourth-order valence-corrected chi connectivity index (χ4v) is 2.85. The highest BCUT2D eigenvalue weighted by Gasteiger charge is 2.21. The van der Waals surface area contributed by atoms with E-state index in [4.69, 9.17) is 4.42 Å². The lowest BCUT2D eigenvalue weighted by Gasteiger charge is -2.18. The lowest BCUT2D eigenvalue weighted by Crippen LogP contribution is -2.22. The second-order valence-electron chi connectivity index (χ2n) is 4.66. The number of benzene rings is 1. The Morgan fingerprint density at radius 1 is 1.38 bits per heavy atom. The molecule has 0 saturated heterocycles. The number of carbonyl (C=O) groups excluding carboxylic acids is 1. The van der Waals surface area contributed by atoms with E-state index in [0.717, 1.165) is 12.1 Å². The highest BCUT2D eigenvalue weighted by molar-refractivity contribution is 14.1. The molecule has 0 amide bonds. The van der Waals surface area contributed by atoms with E-state index in [9.17, 15) is 4.79 Å². The summed E-state index contributed by atoms with van der Waals surface area (Å²) in [5, 5.41) is 3.40. The summed E-state index contributed by atoms with van der Waals surface area (Å²) in [6.45, 7) is 4.92. The van der Waals surface area contributed by atoms with Gasteiger partial charge in [-0.05, 0) is 59.3 Å². The number of rotatable bonds is 5. The molecule has 0 aliphatic rings. The molecule has 2 rings (SSSR count). The van der Waals surface area contributed by atoms with Crippen LogP contribution in [-0.2, 0) is 4.74 Å². The Labute approximate surface area is 138 Å². The van der Waals surface area contributed by atoms with E-state index in [1.165, 1.54) is 16.2 Å². The molecule has 0 saturated carbocycles. The van der Waals surface area contributed by atoms with Gasteiger partial charge in [-0.25, -0.2) is 4.79 Å². The molecule has 1 heterocycles. The van der Waals surface area contributed by atoms with Gasteiger partial charge in [-0.15, -0.1) is 0 Å². The SMILES string of the molecule is CCNC(c1ccc(C(=O)OC)o1)c1cccc(C)c1I. The minimum atomic E-state index is -0.463. The van der Waals surface area contributed by atoms with E-state index < -0.39 is 5.97 Å². The Morgan fingerprint density at radius 2 is 2.14 bits per heavy atom. The minimum absolute atomic E-state index is 0.0831. The van der Waals surface area contributed by atoms with Gasteiger partial charge < -0.3 is 14.5 Å². The number of esters is 1. The molecule has 2 aromatic rings. The predicted molar refractivity (Wildman–Crippen MR) is 89.5 cm³/mol. The van der Waals surface area contributed by atoms with Crippen LogP contribution in [0, 0.1) is 10.5 Å². The van der Waals surface area contributed by atoms with Crippen LogP contribution in [0.1, 0.15) is 40.4 Å². The first kappa shape index (κ1) is 16.0. The van der Waals surface area contributed by atoms with Gasteiger partial charge in [0.15, 0.2) is 0 Å². The summed E-state index contributed by atoms with van der Waals surface area (Å²) < 4.78 is 11.5. The number of ether oxygens (including phenoxy) is 1. The zero-order chi connectivity index (χ0) is 15.4. The highest BCUT2D eigenvalue weighted by Crippen LogP contribution is 2.29. The first-order valence-corrected chi connectivity index (χ1v) is 7.82. The molecule has 1 unspecified atom stereocenters. The van der Waals surface area contributed by atoms with E-state index in [0.29, 0.717) is 5.76 Å². The van der Waals surface area contributed by atoms with E-state index in [1.54, 1.807) is 6.07 Å². The standard InChI is InChI=1S/C16H18INO3/c1-4-18-15(11-7-5-6-10(2)14(11)17)12-8-9-13(21-12)16(19)20-3/h5-9,15,18H,4H2,1-3H3. The van der Waals surface area contributed by atoms with Gasteiger partial charge in [0, 0.05) is 3.57 Å². The summed E-state index contributed by atoms with van der Waals surface area (Å²) in [6, 6.07) is 9.56. The van der Waals surface area contributed by atoms with E-state index >= 15 is 0 Å². The third-order valence-electron chi connectivity index (χ3n) is 3.24. The molecule has 1 aromatic heterocycles. The number of halogens is 1. The van der Waals surface area contributed by atoms with E-state index in [2.05, 4.69) is 51.7 Å². The zero-order valence-electron chi connectivity index (χ0n) is 12.3. The molecular formula is C16H18INO3. The van der Waals surface area contributed by atoms with E-state index in [-0.39, 0.29) is 11.8 Å². The lowest BCUT2D eigenvalue weighted by molar-refractivity contribution is 0.0562. The number of furan rings is 1. The third-order valence-corrected chi connectivity index (χ3v) is 4.71. The molecule has 112 valence electrons. The van der Waals surface area contributed by atoms with Gasteiger partial charge in [0.25, 0.3) is 0 Å². The molecule has 0 fully saturated rings. The Balaban J connectivity index is 2.41. The Bertz CT molecular complexity index is 636. The first-order chi connectivity index (χ1) is 10.1. The minimum Gasteiger partial charge on any atom is -0.463 e. The molecule has 0 bridgehead atoms. The maximum absolute atomic E-state index is 11.5. The zero-order valence-corrected chi connectivity index (χ0v) is 14.4. The van der Waals surface area contributed by atoms with Crippen LogP contribution in [0.2, 0.25) is 0 Å². The Morgan fingerprint density at radius 3 is 2.81 bits per heavy atom. The average Bonchev–Trinajstić information content (AvgIpc) is 2.97. The fourth-order valence-electron chi connectivity index (χ4n) is 2.18. The predicted octanol–water partition coefficient (Wildman–Crippen LogP) is 3.68. The fraction of sp³-hybridized carbons (Fsp3) is 0.312. The summed E-state index contributed by atoms with van der Waals surface area (Å²) >= 11 is 2.34. The third kappa shape index (κ3) is 3.47. The molecule has 0 aliphatic carbocycles. The van der Waals surface area contributed by atoms with E-state index in [1.807, 2.05) is 19.1 Å². The van der Waals surface area contributed by atoms with Gasteiger partial charge in [0.2, 0.25) is 5.76 Å². The van der Waals surface area contributed by atoms with Gasteiger partial charge in [0.05, 0.1) is 13.2 Å². The topological polar surface area (TPSA) is 51.5 Å². The summed E-state index contributed by atoms with van der Waals surface area (Å²) in [4.78, 5) is 11.5. The summed E-state index contributed by atoms with van der Waals surface area (Å²) in [5.74, 6) is 0.467. The molecule has 0 aliphatic heterocycles. The average molecular weight is 399 g/mol. The van der Waals surface area contributed by atoms with Gasteiger partial charge in [0.1, 0.15) is 5.76 Å². The van der Waals surface area contributed by atoms with Crippen LogP contribution in [0.5, 0.6) is 0 Å². The molecule has 1 atom stereocenters. The number of carbonyl (C=O) groups is 1. The van der Waals surface area contributed by atoms with Gasteiger partial charge in [-0.1, -0.05) is 25.1 Å². The van der Waals surface area contributed by atoms with Crippen molar-refractivity contribution >= 4 is 28.6 Å². The summed E-state index contributed by atoms with van der Waals surface area (Å²) in [5.41, 5.74) is 2.36. The highest BCUT2D eigenvalue weighted by atomic mass is 127. The van der Waals surface area contributed by atoms with Crippen molar-refractivity contribution in [3.63, 3.8) is 0 Å². The van der Waals surface area contributed by atoms with Crippen LogP contribution in [0.15, 0.2) is 34.7 Å². The van der Waals surface area contributed by atoms with Crippen molar-refractivity contribution in [3.05, 3.63) is 56.5 Å². The molecule has 0 spiro atoms. The number of hydrogen-bond acceptors (Lipinski definition) is 4. The van der Waals surface area contributed by atoms with Crippen LogP contribution in [0.4, 0.5) is 0 Å². The van der Waals surface area contributed by atoms with Crippen LogP contribution in [0.3, 0.4) is 0 Å². The summed E-state index contributed by atoms with van der Waals surface area (Å²) in [7, 11) is 1.34. The molecule has 1 aromatic carbocycles. The normalized spacial score (nSPS) is 12.2.